The summed E-state index contributed by atoms with van der Waals surface area (Å²) in [7, 11) is 0. The Morgan fingerprint density at radius 2 is 1.73 bits per heavy atom. The van der Waals surface area contributed by atoms with E-state index in [0.717, 1.165) is 12.1 Å². The number of esters is 1. The summed E-state index contributed by atoms with van der Waals surface area (Å²) >= 11 is 0. The molecule has 0 unspecified atom stereocenters. The molecule has 0 amide bonds. The fourth-order valence-electron chi connectivity index (χ4n) is 0.971. The summed E-state index contributed by atoms with van der Waals surface area (Å²) in [5.74, 6) is -2.94. The SMILES string of the molecule is CC(C)(C)OC(=O)c1c(F)c[c]cc1F. The van der Waals surface area contributed by atoms with Crippen LogP contribution in [-0.4, -0.2) is 11.6 Å². The number of ether oxygens (including phenoxy) is 1. The van der Waals surface area contributed by atoms with Crippen LogP contribution in [0.4, 0.5) is 8.78 Å². The molecule has 0 N–H and O–H groups in total. The largest absolute Gasteiger partial charge is 0.456 e. The van der Waals surface area contributed by atoms with Gasteiger partial charge in [-0.3, -0.25) is 0 Å². The highest BCUT2D eigenvalue weighted by atomic mass is 19.1. The Morgan fingerprint density at radius 3 is 2.13 bits per heavy atom. The lowest BCUT2D eigenvalue weighted by Gasteiger charge is -2.19. The number of halogens is 2. The number of rotatable bonds is 1. The second kappa shape index (κ2) is 3.96. The normalized spacial score (nSPS) is 11.3. The Balaban J connectivity index is 3.02. The summed E-state index contributed by atoms with van der Waals surface area (Å²) in [6, 6.07) is 4.01. The van der Waals surface area contributed by atoms with Crippen molar-refractivity contribution in [2.45, 2.75) is 26.4 Å². The Bertz CT molecular complexity index is 360. The number of carbonyl (C=O) groups is 1. The first kappa shape index (κ1) is 11.6. The van der Waals surface area contributed by atoms with E-state index in [1.807, 2.05) is 0 Å². The molecule has 0 fully saturated rings. The highest BCUT2D eigenvalue weighted by molar-refractivity contribution is 5.90. The van der Waals surface area contributed by atoms with Crippen molar-refractivity contribution in [3.05, 3.63) is 35.4 Å². The van der Waals surface area contributed by atoms with E-state index < -0.39 is 28.8 Å². The quantitative estimate of drug-likeness (QED) is 0.670. The van der Waals surface area contributed by atoms with Crippen LogP contribution in [0.15, 0.2) is 12.1 Å². The van der Waals surface area contributed by atoms with Crippen molar-refractivity contribution in [3.8, 4) is 0 Å². The molecule has 15 heavy (non-hydrogen) atoms. The van der Waals surface area contributed by atoms with Gasteiger partial charge in [0.05, 0.1) is 0 Å². The van der Waals surface area contributed by atoms with Crippen LogP contribution in [0.2, 0.25) is 0 Å². The fraction of sp³-hybridized carbons (Fsp3) is 0.364. The third-order valence-corrected chi connectivity index (χ3v) is 1.50. The molecule has 0 heterocycles. The number of carbonyl (C=O) groups excluding carboxylic acids is 1. The van der Waals surface area contributed by atoms with Crippen molar-refractivity contribution >= 4 is 5.97 Å². The molecule has 4 heteroatoms. The van der Waals surface area contributed by atoms with Crippen molar-refractivity contribution in [2.24, 2.45) is 0 Å². The van der Waals surface area contributed by atoms with Gasteiger partial charge in [-0.25, -0.2) is 13.6 Å². The predicted molar refractivity (Wildman–Crippen MR) is 50.4 cm³/mol. The molecule has 0 aliphatic rings. The summed E-state index contributed by atoms with van der Waals surface area (Å²) in [6.45, 7) is 4.86. The zero-order chi connectivity index (χ0) is 11.6. The molecule has 0 saturated carbocycles. The molecule has 1 aromatic carbocycles. The number of hydrogen-bond donors (Lipinski definition) is 0. The standard InChI is InChI=1S/C11H11F2O2/c1-11(2,3)15-10(14)9-7(12)5-4-6-8(9)13/h5-6H,1-3H3. The van der Waals surface area contributed by atoms with Crippen molar-refractivity contribution in [2.75, 3.05) is 0 Å². The summed E-state index contributed by atoms with van der Waals surface area (Å²) in [5, 5.41) is 0. The summed E-state index contributed by atoms with van der Waals surface area (Å²) < 4.78 is 31.1. The molecule has 1 aromatic rings. The Labute approximate surface area is 86.9 Å². The Kier molecular flexibility index (Phi) is 3.07. The monoisotopic (exact) mass is 213 g/mol. The molecule has 2 nitrogen and oxygen atoms in total. The van der Waals surface area contributed by atoms with Gasteiger partial charge in [0.25, 0.3) is 0 Å². The highest BCUT2D eigenvalue weighted by Crippen LogP contribution is 2.17. The average Bonchev–Trinajstić information content (AvgIpc) is 1.99. The average molecular weight is 213 g/mol. The Morgan fingerprint density at radius 1 is 1.27 bits per heavy atom. The smallest absolute Gasteiger partial charge is 0.344 e. The third-order valence-electron chi connectivity index (χ3n) is 1.50. The molecular weight excluding hydrogens is 202 g/mol. The first-order chi connectivity index (χ1) is 6.81. The van der Waals surface area contributed by atoms with Crippen LogP contribution >= 0.6 is 0 Å². The van der Waals surface area contributed by atoms with Crippen molar-refractivity contribution < 1.29 is 18.3 Å². The van der Waals surface area contributed by atoms with E-state index in [1.165, 1.54) is 0 Å². The van der Waals surface area contributed by atoms with E-state index in [-0.39, 0.29) is 0 Å². The maximum absolute atomic E-state index is 13.1. The minimum absolute atomic E-state index is 0.677. The third kappa shape index (κ3) is 3.01. The summed E-state index contributed by atoms with van der Waals surface area (Å²) in [6.07, 6.45) is 0. The summed E-state index contributed by atoms with van der Waals surface area (Å²) in [5.41, 5.74) is -1.46. The zero-order valence-corrected chi connectivity index (χ0v) is 8.73. The molecule has 0 aliphatic carbocycles. The molecule has 0 bridgehead atoms. The minimum atomic E-state index is -1.01. The molecule has 1 rings (SSSR count). The summed E-state index contributed by atoms with van der Waals surface area (Å²) in [4.78, 5) is 11.4. The van der Waals surface area contributed by atoms with Crippen LogP contribution in [-0.2, 0) is 4.74 Å². The zero-order valence-electron chi connectivity index (χ0n) is 8.73. The first-order valence-electron chi connectivity index (χ1n) is 4.40. The molecule has 0 saturated heterocycles. The second-order valence-corrected chi connectivity index (χ2v) is 4.03. The van der Waals surface area contributed by atoms with Gasteiger partial charge in [0.2, 0.25) is 0 Å². The van der Waals surface area contributed by atoms with Gasteiger partial charge in [0, 0.05) is 0 Å². The molecule has 0 aromatic heterocycles. The lowest BCUT2D eigenvalue weighted by Crippen LogP contribution is -2.25. The number of hydrogen-bond acceptors (Lipinski definition) is 2. The molecular formula is C11H11F2O2. The van der Waals surface area contributed by atoms with Gasteiger partial charge in [0.1, 0.15) is 22.8 Å². The van der Waals surface area contributed by atoms with E-state index in [9.17, 15) is 13.6 Å². The topological polar surface area (TPSA) is 26.3 Å². The molecule has 0 atom stereocenters. The van der Waals surface area contributed by atoms with Gasteiger partial charge < -0.3 is 4.74 Å². The number of benzene rings is 1. The van der Waals surface area contributed by atoms with Crippen molar-refractivity contribution in [1.29, 1.82) is 0 Å². The first-order valence-corrected chi connectivity index (χ1v) is 4.40. The van der Waals surface area contributed by atoms with Crippen LogP contribution in [0.1, 0.15) is 31.1 Å². The van der Waals surface area contributed by atoms with Crippen molar-refractivity contribution in [1.82, 2.24) is 0 Å². The second-order valence-electron chi connectivity index (χ2n) is 4.03. The van der Waals surface area contributed by atoms with Crippen molar-refractivity contribution in [3.63, 3.8) is 0 Å². The van der Waals surface area contributed by atoms with Crippen LogP contribution < -0.4 is 0 Å². The lowest BCUT2D eigenvalue weighted by molar-refractivity contribution is 0.00596. The van der Waals surface area contributed by atoms with Gasteiger partial charge >= 0.3 is 5.97 Å². The van der Waals surface area contributed by atoms with Crippen LogP contribution in [0.5, 0.6) is 0 Å². The van der Waals surface area contributed by atoms with Gasteiger partial charge in [-0.05, 0) is 39.0 Å². The molecule has 0 spiro atoms. The van der Waals surface area contributed by atoms with Crippen LogP contribution in [0, 0.1) is 17.7 Å². The highest BCUT2D eigenvalue weighted by Gasteiger charge is 2.23. The Hall–Kier alpha value is -1.45. The van der Waals surface area contributed by atoms with Crippen LogP contribution in [0.3, 0.4) is 0 Å². The maximum atomic E-state index is 13.1. The van der Waals surface area contributed by atoms with E-state index in [1.54, 1.807) is 20.8 Å². The van der Waals surface area contributed by atoms with Gasteiger partial charge in [-0.2, -0.15) is 0 Å². The van der Waals surface area contributed by atoms with E-state index in [0.29, 0.717) is 0 Å². The van der Waals surface area contributed by atoms with Crippen LogP contribution in [0.25, 0.3) is 0 Å². The maximum Gasteiger partial charge on any atom is 0.344 e. The molecule has 81 valence electrons. The van der Waals surface area contributed by atoms with Gasteiger partial charge in [-0.1, -0.05) is 0 Å². The predicted octanol–water partition coefficient (Wildman–Crippen LogP) is 2.72. The fourth-order valence-corrected chi connectivity index (χ4v) is 0.971. The molecule has 1 radical (unpaired) electrons. The minimum Gasteiger partial charge on any atom is -0.456 e. The van der Waals surface area contributed by atoms with Gasteiger partial charge in [0.15, 0.2) is 0 Å². The van der Waals surface area contributed by atoms with E-state index >= 15 is 0 Å². The molecule has 0 aliphatic heterocycles. The van der Waals surface area contributed by atoms with Gasteiger partial charge in [-0.15, -0.1) is 0 Å². The van der Waals surface area contributed by atoms with E-state index in [4.69, 9.17) is 4.74 Å². The lowest BCUT2D eigenvalue weighted by atomic mass is 10.1. The van der Waals surface area contributed by atoms with E-state index in [2.05, 4.69) is 6.07 Å².